The maximum absolute atomic E-state index is 10.5. The first-order valence-electron chi connectivity index (χ1n) is 4.95. The molecule has 0 unspecified atom stereocenters. The minimum absolute atomic E-state index is 0.258. The molecular weight excluding hydrogens is 194 g/mol. The minimum Gasteiger partial charge on any atom is -0.370 e. The van der Waals surface area contributed by atoms with Crippen molar-refractivity contribution in [2.24, 2.45) is 12.8 Å². The highest BCUT2D eigenvalue weighted by molar-refractivity contribution is 5.73. The maximum atomic E-state index is 10.5. The van der Waals surface area contributed by atoms with Crippen molar-refractivity contribution in [2.75, 3.05) is 6.54 Å². The lowest BCUT2D eigenvalue weighted by atomic mass is 10.3. The van der Waals surface area contributed by atoms with Crippen LogP contribution in [0.3, 0.4) is 0 Å². The molecule has 6 heteroatoms. The number of carbonyl (C=O) groups is 1. The molecular formula is C9H17N5O. The summed E-state index contributed by atoms with van der Waals surface area (Å²) < 4.78 is 1.93. The van der Waals surface area contributed by atoms with E-state index in [4.69, 9.17) is 5.73 Å². The number of nitrogens with one attached hydrogen (secondary N) is 1. The second-order valence-electron chi connectivity index (χ2n) is 3.47. The molecule has 1 rings (SSSR count). The van der Waals surface area contributed by atoms with Gasteiger partial charge < -0.3 is 15.6 Å². The SMILES string of the molecule is Cc1nnc(CNCCCC(N)=O)n1C. The lowest BCUT2D eigenvalue weighted by Gasteiger charge is -2.03. The van der Waals surface area contributed by atoms with E-state index in [1.807, 2.05) is 18.5 Å². The van der Waals surface area contributed by atoms with Crippen molar-refractivity contribution in [1.29, 1.82) is 0 Å². The molecule has 1 heterocycles. The summed E-state index contributed by atoms with van der Waals surface area (Å²) in [5, 5.41) is 11.1. The molecule has 3 N–H and O–H groups in total. The lowest BCUT2D eigenvalue weighted by Crippen LogP contribution is -2.20. The van der Waals surface area contributed by atoms with Gasteiger partial charge in [0.1, 0.15) is 11.6 Å². The Balaban J connectivity index is 2.20. The number of aromatic nitrogens is 3. The first-order valence-corrected chi connectivity index (χ1v) is 4.95. The van der Waals surface area contributed by atoms with Crippen LogP contribution in [0.2, 0.25) is 0 Å². The number of nitrogens with two attached hydrogens (primary N) is 1. The van der Waals surface area contributed by atoms with Crippen LogP contribution in [0.1, 0.15) is 24.5 Å². The molecule has 0 saturated heterocycles. The Morgan fingerprint density at radius 2 is 2.27 bits per heavy atom. The zero-order chi connectivity index (χ0) is 11.3. The molecule has 0 fully saturated rings. The number of rotatable bonds is 6. The average Bonchev–Trinajstić information content (AvgIpc) is 2.48. The van der Waals surface area contributed by atoms with Crippen molar-refractivity contribution in [3.63, 3.8) is 0 Å². The predicted octanol–water partition coefficient (Wildman–Crippen LogP) is -0.521. The molecule has 15 heavy (non-hydrogen) atoms. The molecule has 0 bridgehead atoms. The first kappa shape index (κ1) is 11.6. The van der Waals surface area contributed by atoms with E-state index in [9.17, 15) is 4.79 Å². The highest BCUT2D eigenvalue weighted by Crippen LogP contribution is 1.96. The predicted molar refractivity (Wildman–Crippen MR) is 55.9 cm³/mol. The topological polar surface area (TPSA) is 85.8 Å². The van der Waals surface area contributed by atoms with Crippen molar-refractivity contribution < 1.29 is 4.79 Å². The minimum atomic E-state index is -0.258. The van der Waals surface area contributed by atoms with Crippen molar-refractivity contribution in [1.82, 2.24) is 20.1 Å². The number of nitrogens with zero attached hydrogens (tertiary/aromatic N) is 3. The molecule has 0 atom stereocenters. The standard InChI is InChI=1S/C9H17N5O/c1-7-12-13-9(14(7)2)6-11-5-3-4-8(10)15/h11H,3-6H2,1-2H3,(H2,10,15). The molecule has 6 nitrogen and oxygen atoms in total. The fraction of sp³-hybridized carbons (Fsp3) is 0.667. The maximum Gasteiger partial charge on any atom is 0.217 e. The zero-order valence-electron chi connectivity index (χ0n) is 9.16. The van der Waals surface area contributed by atoms with E-state index < -0.39 is 0 Å². The highest BCUT2D eigenvalue weighted by Gasteiger charge is 2.03. The van der Waals surface area contributed by atoms with Crippen molar-refractivity contribution >= 4 is 5.91 Å². The fourth-order valence-electron chi connectivity index (χ4n) is 1.19. The van der Waals surface area contributed by atoms with Crippen LogP contribution < -0.4 is 11.1 Å². The number of hydrogen-bond donors (Lipinski definition) is 2. The van der Waals surface area contributed by atoms with Gasteiger partial charge in [0, 0.05) is 13.5 Å². The van der Waals surface area contributed by atoms with Crippen LogP contribution in [0.5, 0.6) is 0 Å². The second-order valence-corrected chi connectivity index (χ2v) is 3.47. The van der Waals surface area contributed by atoms with Crippen LogP contribution in [0.15, 0.2) is 0 Å². The van der Waals surface area contributed by atoms with Crippen LogP contribution in [0.4, 0.5) is 0 Å². The lowest BCUT2D eigenvalue weighted by molar-refractivity contribution is -0.118. The van der Waals surface area contributed by atoms with Gasteiger partial charge in [-0.1, -0.05) is 0 Å². The van der Waals surface area contributed by atoms with E-state index in [1.165, 1.54) is 0 Å². The third kappa shape index (κ3) is 3.67. The molecule has 0 aliphatic rings. The molecule has 0 radical (unpaired) electrons. The van der Waals surface area contributed by atoms with E-state index in [0.29, 0.717) is 13.0 Å². The summed E-state index contributed by atoms with van der Waals surface area (Å²) in [5.41, 5.74) is 5.02. The van der Waals surface area contributed by atoms with Gasteiger partial charge in [0.2, 0.25) is 5.91 Å². The van der Waals surface area contributed by atoms with Gasteiger partial charge in [0.15, 0.2) is 0 Å². The molecule has 1 aromatic heterocycles. The van der Waals surface area contributed by atoms with Gasteiger partial charge in [-0.2, -0.15) is 0 Å². The highest BCUT2D eigenvalue weighted by atomic mass is 16.1. The first-order chi connectivity index (χ1) is 7.11. The van der Waals surface area contributed by atoms with E-state index in [1.54, 1.807) is 0 Å². The summed E-state index contributed by atoms with van der Waals surface area (Å²) in [6.45, 7) is 3.33. The molecule has 0 aliphatic heterocycles. The summed E-state index contributed by atoms with van der Waals surface area (Å²) in [6.07, 6.45) is 1.18. The van der Waals surface area contributed by atoms with E-state index in [-0.39, 0.29) is 5.91 Å². The Hall–Kier alpha value is -1.43. The summed E-state index contributed by atoms with van der Waals surface area (Å²) >= 11 is 0. The van der Waals surface area contributed by atoms with Gasteiger partial charge >= 0.3 is 0 Å². The van der Waals surface area contributed by atoms with Crippen LogP contribution in [-0.2, 0) is 18.4 Å². The molecule has 0 aliphatic carbocycles. The fourth-order valence-corrected chi connectivity index (χ4v) is 1.19. The van der Waals surface area contributed by atoms with Crippen LogP contribution in [0.25, 0.3) is 0 Å². The zero-order valence-corrected chi connectivity index (χ0v) is 9.16. The van der Waals surface area contributed by atoms with E-state index in [0.717, 1.165) is 24.6 Å². The number of aryl methyl sites for hydroxylation is 1. The summed E-state index contributed by atoms with van der Waals surface area (Å²) in [4.78, 5) is 10.5. The molecule has 1 aromatic rings. The van der Waals surface area contributed by atoms with Gasteiger partial charge in [-0.25, -0.2) is 0 Å². The van der Waals surface area contributed by atoms with E-state index in [2.05, 4.69) is 15.5 Å². The average molecular weight is 211 g/mol. The van der Waals surface area contributed by atoms with Gasteiger partial charge in [0.25, 0.3) is 0 Å². The van der Waals surface area contributed by atoms with Crippen LogP contribution >= 0.6 is 0 Å². The number of hydrogen-bond acceptors (Lipinski definition) is 4. The largest absolute Gasteiger partial charge is 0.370 e. The normalized spacial score (nSPS) is 10.5. The van der Waals surface area contributed by atoms with Crippen molar-refractivity contribution in [3.05, 3.63) is 11.6 Å². The Labute approximate surface area is 88.9 Å². The molecule has 84 valence electrons. The van der Waals surface area contributed by atoms with Gasteiger partial charge in [-0.3, -0.25) is 4.79 Å². The van der Waals surface area contributed by atoms with Gasteiger partial charge in [0.05, 0.1) is 6.54 Å². The Kier molecular flexibility index (Phi) is 4.23. The molecule has 0 spiro atoms. The molecule has 0 saturated carbocycles. The number of carbonyl (C=O) groups excluding carboxylic acids is 1. The van der Waals surface area contributed by atoms with Crippen LogP contribution in [0, 0.1) is 6.92 Å². The van der Waals surface area contributed by atoms with Crippen molar-refractivity contribution in [2.45, 2.75) is 26.3 Å². The van der Waals surface area contributed by atoms with Crippen molar-refractivity contribution in [3.8, 4) is 0 Å². The van der Waals surface area contributed by atoms with Gasteiger partial charge in [-0.15, -0.1) is 10.2 Å². The second kappa shape index (κ2) is 5.45. The summed E-state index contributed by atoms with van der Waals surface area (Å²) in [7, 11) is 1.93. The van der Waals surface area contributed by atoms with Crippen LogP contribution in [-0.4, -0.2) is 27.2 Å². The smallest absolute Gasteiger partial charge is 0.217 e. The number of primary amides is 1. The molecule has 0 aromatic carbocycles. The molecule has 1 amide bonds. The Morgan fingerprint density at radius 1 is 1.53 bits per heavy atom. The third-order valence-electron chi connectivity index (χ3n) is 2.24. The number of amides is 1. The van der Waals surface area contributed by atoms with Gasteiger partial charge in [-0.05, 0) is 19.9 Å². The Morgan fingerprint density at radius 3 is 2.80 bits per heavy atom. The van der Waals surface area contributed by atoms with E-state index >= 15 is 0 Å². The third-order valence-corrected chi connectivity index (χ3v) is 2.24. The quantitative estimate of drug-likeness (QED) is 0.620. The summed E-state index contributed by atoms with van der Waals surface area (Å²) in [6, 6.07) is 0. The summed E-state index contributed by atoms with van der Waals surface area (Å²) in [5.74, 6) is 1.53. The Bertz CT molecular complexity index is 333. The monoisotopic (exact) mass is 211 g/mol.